The summed E-state index contributed by atoms with van der Waals surface area (Å²) in [4.78, 5) is 12.7. The minimum atomic E-state index is -3.51. The van der Waals surface area contributed by atoms with E-state index in [1.165, 1.54) is 38.4 Å². The molecule has 2 aromatic carbocycles. The molecule has 26 heavy (non-hydrogen) atoms. The number of aryl methyl sites for hydroxylation is 1. The minimum Gasteiger partial charge on any atom is -0.451 e. The van der Waals surface area contributed by atoms with Crippen LogP contribution in [0.5, 0.6) is 0 Å². The molecule has 0 fully saturated rings. The summed E-state index contributed by atoms with van der Waals surface area (Å²) >= 11 is 5.99. The maximum atomic E-state index is 12.5. The van der Waals surface area contributed by atoms with Gasteiger partial charge in [-0.05, 0) is 49.4 Å². The van der Waals surface area contributed by atoms with Crippen molar-refractivity contribution < 1.29 is 17.6 Å². The van der Waals surface area contributed by atoms with Crippen LogP contribution in [0.3, 0.4) is 0 Å². The van der Waals surface area contributed by atoms with E-state index in [9.17, 15) is 13.2 Å². The van der Waals surface area contributed by atoms with Gasteiger partial charge in [0.25, 0.3) is 5.91 Å². The van der Waals surface area contributed by atoms with E-state index in [4.69, 9.17) is 16.0 Å². The molecule has 6 nitrogen and oxygen atoms in total. The average Bonchev–Trinajstić information content (AvgIpc) is 2.92. The molecule has 0 saturated heterocycles. The van der Waals surface area contributed by atoms with Crippen molar-refractivity contribution >= 4 is 44.2 Å². The van der Waals surface area contributed by atoms with E-state index < -0.39 is 15.9 Å². The number of fused-ring (bicyclic) bond motifs is 1. The van der Waals surface area contributed by atoms with Crippen LogP contribution < -0.4 is 5.32 Å². The Hall–Kier alpha value is -2.35. The molecule has 0 unspecified atom stereocenters. The van der Waals surface area contributed by atoms with Crippen molar-refractivity contribution in [2.24, 2.45) is 0 Å². The third kappa shape index (κ3) is 3.33. The number of rotatable bonds is 4. The topological polar surface area (TPSA) is 79.6 Å². The first kappa shape index (κ1) is 18.4. The second kappa shape index (κ2) is 6.75. The number of benzene rings is 2. The lowest BCUT2D eigenvalue weighted by atomic mass is 10.1. The lowest BCUT2D eigenvalue weighted by Gasteiger charge is -2.11. The molecule has 3 rings (SSSR count). The Balaban J connectivity index is 1.86. The molecular weight excluding hydrogens is 376 g/mol. The van der Waals surface area contributed by atoms with Crippen molar-refractivity contribution in [3.8, 4) is 0 Å². The number of hydrogen-bond donors (Lipinski definition) is 1. The van der Waals surface area contributed by atoms with Crippen molar-refractivity contribution in [3.05, 3.63) is 58.8 Å². The summed E-state index contributed by atoms with van der Waals surface area (Å²) in [5, 5.41) is 4.04. The molecule has 0 aliphatic rings. The van der Waals surface area contributed by atoms with Crippen LogP contribution >= 0.6 is 11.6 Å². The molecule has 0 radical (unpaired) electrons. The first-order chi connectivity index (χ1) is 12.2. The molecule has 1 amide bonds. The fourth-order valence-corrected chi connectivity index (χ4v) is 3.59. The monoisotopic (exact) mass is 392 g/mol. The number of nitrogens with one attached hydrogen (secondary N) is 1. The lowest BCUT2D eigenvalue weighted by molar-refractivity contribution is 0.0998. The maximum Gasteiger partial charge on any atom is 0.291 e. The van der Waals surface area contributed by atoms with E-state index in [1.807, 2.05) is 0 Å². The summed E-state index contributed by atoms with van der Waals surface area (Å²) in [6, 6.07) is 11.1. The Morgan fingerprint density at radius 1 is 1.12 bits per heavy atom. The van der Waals surface area contributed by atoms with Gasteiger partial charge in [-0.2, -0.15) is 0 Å². The van der Waals surface area contributed by atoms with Gasteiger partial charge in [0.15, 0.2) is 5.76 Å². The molecule has 0 spiro atoms. The largest absolute Gasteiger partial charge is 0.451 e. The number of sulfonamides is 1. The van der Waals surface area contributed by atoms with Crippen LogP contribution in [0.4, 0.5) is 5.69 Å². The van der Waals surface area contributed by atoms with E-state index in [-0.39, 0.29) is 10.7 Å². The van der Waals surface area contributed by atoms with E-state index in [0.29, 0.717) is 21.9 Å². The Labute approximate surface area is 156 Å². The molecule has 0 atom stereocenters. The highest BCUT2D eigenvalue weighted by molar-refractivity contribution is 7.89. The van der Waals surface area contributed by atoms with Crippen LogP contribution in [-0.4, -0.2) is 32.7 Å². The van der Waals surface area contributed by atoms with Gasteiger partial charge < -0.3 is 9.73 Å². The summed E-state index contributed by atoms with van der Waals surface area (Å²) in [5.41, 5.74) is 1.72. The second-order valence-electron chi connectivity index (χ2n) is 5.96. The van der Waals surface area contributed by atoms with Crippen LogP contribution in [0.2, 0.25) is 5.02 Å². The molecule has 0 aliphatic carbocycles. The Bertz CT molecular complexity index is 1090. The molecule has 1 heterocycles. The van der Waals surface area contributed by atoms with Gasteiger partial charge in [-0.25, -0.2) is 12.7 Å². The SMILES string of the molecule is Cc1c(C(=O)Nc2ccc(S(=O)(=O)N(C)C)cc2)oc2ccc(Cl)cc12. The number of hydrogen-bond acceptors (Lipinski definition) is 4. The van der Waals surface area contributed by atoms with Gasteiger partial charge in [0, 0.05) is 35.8 Å². The van der Waals surface area contributed by atoms with Gasteiger partial charge >= 0.3 is 0 Å². The predicted molar refractivity (Wildman–Crippen MR) is 101 cm³/mol. The van der Waals surface area contributed by atoms with E-state index in [0.717, 1.165) is 9.69 Å². The van der Waals surface area contributed by atoms with Crippen LogP contribution in [0.15, 0.2) is 51.8 Å². The Morgan fingerprint density at radius 3 is 2.38 bits per heavy atom. The maximum absolute atomic E-state index is 12.5. The van der Waals surface area contributed by atoms with Gasteiger partial charge in [-0.3, -0.25) is 4.79 Å². The van der Waals surface area contributed by atoms with E-state index in [2.05, 4.69) is 5.32 Å². The molecular formula is C18H17ClN2O4S. The van der Waals surface area contributed by atoms with Gasteiger partial charge in [0.2, 0.25) is 10.0 Å². The molecule has 0 aliphatic heterocycles. The highest BCUT2D eigenvalue weighted by Gasteiger charge is 2.19. The summed E-state index contributed by atoms with van der Waals surface area (Å²) in [6.07, 6.45) is 0. The highest BCUT2D eigenvalue weighted by atomic mass is 35.5. The third-order valence-electron chi connectivity index (χ3n) is 4.00. The van der Waals surface area contributed by atoms with Crippen LogP contribution in [-0.2, 0) is 10.0 Å². The summed E-state index contributed by atoms with van der Waals surface area (Å²) < 4.78 is 30.9. The van der Waals surface area contributed by atoms with Crippen molar-refractivity contribution in [2.75, 3.05) is 19.4 Å². The Morgan fingerprint density at radius 2 is 1.77 bits per heavy atom. The quantitative estimate of drug-likeness (QED) is 0.730. The Kier molecular flexibility index (Phi) is 4.79. The van der Waals surface area contributed by atoms with Crippen molar-refractivity contribution in [1.29, 1.82) is 0 Å². The molecule has 8 heteroatoms. The van der Waals surface area contributed by atoms with Crippen molar-refractivity contribution in [1.82, 2.24) is 4.31 Å². The van der Waals surface area contributed by atoms with Gasteiger partial charge in [-0.1, -0.05) is 11.6 Å². The smallest absolute Gasteiger partial charge is 0.291 e. The average molecular weight is 393 g/mol. The van der Waals surface area contributed by atoms with Crippen molar-refractivity contribution in [3.63, 3.8) is 0 Å². The number of furan rings is 1. The van der Waals surface area contributed by atoms with Gasteiger partial charge in [-0.15, -0.1) is 0 Å². The molecule has 0 bridgehead atoms. The van der Waals surface area contributed by atoms with Gasteiger partial charge in [0.1, 0.15) is 5.58 Å². The molecule has 3 aromatic rings. The summed E-state index contributed by atoms with van der Waals surface area (Å²) in [6.45, 7) is 1.78. The summed E-state index contributed by atoms with van der Waals surface area (Å²) in [7, 11) is -0.593. The van der Waals surface area contributed by atoms with Crippen LogP contribution in [0.25, 0.3) is 11.0 Å². The number of nitrogens with zero attached hydrogens (tertiary/aromatic N) is 1. The highest BCUT2D eigenvalue weighted by Crippen LogP contribution is 2.28. The minimum absolute atomic E-state index is 0.148. The number of anilines is 1. The number of amides is 1. The first-order valence-corrected chi connectivity index (χ1v) is 9.54. The molecule has 1 aromatic heterocycles. The van der Waals surface area contributed by atoms with Crippen LogP contribution in [0.1, 0.15) is 16.1 Å². The zero-order chi connectivity index (χ0) is 19.1. The second-order valence-corrected chi connectivity index (χ2v) is 8.55. The zero-order valence-electron chi connectivity index (χ0n) is 14.4. The first-order valence-electron chi connectivity index (χ1n) is 7.73. The summed E-state index contributed by atoms with van der Waals surface area (Å²) in [5.74, 6) is -0.231. The standard InChI is InChI=1S/C18H17ClN2O4S/c1-11-15-10-12(19)4-9-16(15)25-17(11)18(22)20-13-5-7-14(8-6-13)26(23,24)21(2)3/h4-10H,1-3H3,(H,20,22). The fraction of sp³-hybridized carbons (Fsp3) is 0.167. The normalized spacial score (nSPS) is 11.9. The fourth-order valence-electron chi connectivity index (χ4n) is 2.52. The molecule has 136 valence electrons. The molecule has 1 N–H and O–H groups in total. The lowest BCUT2D eigenvalue weighted by Crippen LogP contribution is -2.22. The number of carbonyl (C=O) groups is 1. The number of carbonyl (C=O) groups excluding carboxylic acids is 1. The van der Waals surface area contributed by atoms with E-state index >= 15 is 0 Å². The molecule has 0 saturated carbocycles. The third-order valence-corrected chi connectivity index (χ3v) is 6.06. The van der Waals surface area contributed by atoms with Crippen LogP contribution in [0, 0.1) is 6.92 Å². The predicted octanol–water partition coefficient (Wildman–Crippen LogP) is 3.90. The van der Waals surface area contributed by atoms with Gasteiger partial charge in [0.05, 0.1) is 4.90 Å². The number of halogens is 1. The van der Waals surface area contributed by atoms with Crippen molar-refractivity contribution in [2.45, 2.75) is 11.8 Å². The zero-order valence-corrected chi connectivity index (χ0v) is 16.0. The van der Waals surface area contributed by atoms with E-state index in [1.54, 1.807) is 25.1 Å².